The molecule has 1 spiro atoms. The average molecular weight is 184 g/mol. The lowest BCUT2D eigenvalue weighted by Crippen LogP contribution is -2.40. The van der Waals surface area contributed by atoms with Gasteiger partial charge in [-0.2, -0.15) is 0 Å². The van der Waals surface area contributed by atoms with Crippen molar-refractivity contribution in [3.8, 4) is 0 Å². The second kappa shape index (κ2) is 3.58. The molecule has 2 rings (SSSR count). The molecule has 2 nitrogen and oxygen atoms in total. The second-order valence-electron chi connectivity index (χ2n) is 4.76. The van der Waals surface area contributed by atoms with Gasteiger partial charge in [-0.25, -0.2) is 0 Å². The summed E-state index contributed by atoms with van der Waals surface area (Å²) in [6, 6.07) is 0. The van der Waals surface area contributed by atoms with Crippen molar-refractivity contribution < 1.29 is 10.2 Å². The van der Waals surface area contributed by atoms with Crippen LogP contribution in [0.4, 0.5) is 0 Å². The first-order valence-electron chi connectivity index (χ1n) is 5.62. The highest BCUT2D eigenvalue weighted by molar-refractivity contribution is 4.98. The van der Waals surface area contributed by atoms with E-state index < -0.39 is 0 Å². The maximum Gasteiger partial charge on any atom is 0.0621 e. The van der Waals surface area contributed by atoms with Crippen molar-refractivity contribution in [3.05, 3.63) is 0 Å². The molecule has 0 bridgehead atoms. The van der Waals surface area contributed by atoms with E-state index >= 15 is 0 Å². The zero-order valence-corrected chi connectivity index (χ0v) is 8.21. The van der Waals surface area contributed by atoms with E-state index in [9.17, 15) is 10.2 Å². The van der Waals surface area contributed by atoms with Gasteiger partial charge in [0.05, 0.1) is 12.2 Å². The summed E-state index contributed by atoms with van der Waals surface area (Å²) >= 11 is 0. The van der Waals surface area contributed by atoms with E-state index in [0.29, 0.717) is 0 Å². The number of aliphatic hydroxyl groups excluding tert-OH is 2. The molecular weight excluding hydrogens is 164 g/mol. The molecule has 3 atom stereocenters. The minimum absolute atomic E-state index is 0.115. The van der Waals surface area contributed by atoms with Gasteiger partial charge in [0.25, 0.3) is 0 Å². The number of aliphatic hydroxyl groups is 2. The topological polar surface area (TPSA) is 40.5 Å². The Morgan fingerprint density at radius 1 is 0.769 bits per heavy atom. The van der Waals surface area contributed by atoms with Crippen LogP contribution in [-0.2, 0) is 0 Å². The van der Waals surface area contributed by atoms with Crippen molar-refractivity contribution in [3.63, 3.8) is 0 Å². The average Bonchev–Trinajstić information content (AvgIpc) is 2.36. The van der Waals surface area contributed by atoms with Crippen LogP contribution in [0.25, 0.3) is 0 Å². The summed E-state index contributed by atoms with van der Waals surface area (Å²) in [7, 11) is 0. The minimum atomic E-state index is -0.243. The van der Waals surface area contributed by atoms with Crippen LogP contribution in [0.2, 0.25) is 0 Å². The van der Waals surface area contributed by atoms with Crippen LogP contribution in [0.15, 0.2) is 0 Å². The van der Waals surface area contributed by atoms with Crippen LogP contribution in [0, 0.1) is 5.41 Å². The summed E-state index contributed by atoms with van der Waals surface area (Å²) in [5.74, 6) is 0. The van der Waals surface area contributed by atoms with Gasteiger partial charge >= 0.3 is 0 Å². The zero-order valence-electron chi connectivity index (χ0n) is 8.21. The summed E-state index contributed by atoms with van der Waals surface area (Å²) in [6.45, 7) is 0. The maximum absolute atomic E-state index is 10.0. The lowest BCUT2D eigenvalue weighted by molar-refractivity contribution is -0.0552. The van der Waals surface area contributed by atoms with Gasteiger partial charge in [0.2, 0.25) is 0 Å². The lowest BCUT2D eigenvalue weighted by Gasteiger charge is -2.36. The minimum Gasteiger partial charge on any atom is -0.392 e. The van der Waals surface area contributed by atoms with E-state index in [4.69, 9.17) is 0 Å². The number of hydrogen-bond acceptors (Lipinski definition) is 2. The molecule has 0 unspecified atom stereocenters. The molecule has 76 valence electrons. The molecular formula is C11H20O2. The Labute approximate surface area is 80.0 Å². The van der Waals surface area contributed by atoms with Crippen LogP contribution >= 0.6 is 0 Å². The summed E-state index contributed by atoms with van der Waals surface area (Å²) in [6.07, 6.45) is 8.04. The highest BCUT2D eigenvalue weighted by Gasteiger charge is 2.47. The van der Waals surface area contributed by atoms with E-state index in [1.807, 2.05) is 0 Å². The molecule has 2 saturated carbocycles. The molecule has 0 amide bonds. The summed E-state index contributed by atoms with van der Waals surface area (Å²) in [5, 5.41) is 20.0. The van der Waals surface area contributed by atoms with E-state index in [1.54, 1.807) is 0 Å². The molecule has 2 fully saturated rings. The van der Waals surface area contributed by atoms with E-state index in [0.717, 1.165) is 38.5 Å². The molecule has 0 aromatic heterocycles. The first kappa shape index (κ1) is 9.47. The molecule has 2 heteroatoms. The predicted octanol–water partition coefficient (Wildman–Crippen LogP) is 1.84. The van der Waals surface area contributed by atoms with Gasteiger partial charge in [0.15, 0.2) is 0 Å². The Balaban J connectivity index is 2.16. The van der Waals surface area contributed by atoms with Gasteiger partial charge in [-0.1, -0.05) is 25.7 Å². The highest BCUT2D eigenvalue weighted by Crippen LogP contribution is 2.48. The Bertz CT molecular complexity index is 181. The van der Waals surface area contributed by atoms with Crippen LogP contribution < -0.4 is 0 Å². The largest absolute Gasteiger partial charge is 0.392 e. The van der Waals surface area contributed by atoms with Crippen molar-refractivity contribution >= 4 is 0 Å². The predicted molar refractivity (Wildman–Crippen MR) is 51.4 cm³/mol. The summed E-state index contributed by atoms with van der Waals surface area (Å²) in [5.41, 5.74) is -0.115. The zero-order chi connectivity index (χ0) is 9.31. The normalized spacial score (nSPS) is 46.6. The molecule has 0 aliphatic heterocycles. The van der Waals surface area contributed by atoms with Crippen LogP contribution in [0.3, 0.4) is 0 Å². The molecule has 13 heavy (non-hydrogen) atoms. The summed E-state index contributed by atoms with van der Waals surface area (Å²) < 4.78 is 0. The molecule has 2 N–H and O–H groups in total. The smallest absolute Gasteiger partial charge is 0.0621 e. The first-order valence-corrected chi connectivity index (χ1v) is 5.62. The first-order chi connectivity index (χ1) is 6.26. The van der Waals surface area contributed by atoms with Gasteiger partial charge in [-0.15, -0.1) is 0 Å². The lowest BCUT2D eigenvalue weighted by atomic mass is 9.75. The second-order valence-corrected chi connectivity index (χ2v) is 4.76. The monoisotopic (exact) mass is 184 g/mol. The third-order valence-electron chi connectivity index (χ3n) is 4.07. The van der Waals surface area contributed by atoms with Crippen LogP contribution in [-0.4, -0.2) is 22.4 Å². The summed E-state index contributed by atoms with van der Waals surface area (Å²) in [4.78, 5) is 0. The third kappa shape index (κ3) is 1.50. The molecule has 0 radical (unpaired) electrons. The Morgan fingerprint density at radius 3 is 2.08 bits per heavy atom. The van der Waals surface area contributed by atoms with Crippen molar-refractivity contribution in [2.75, 3.05) is 0 Å². The molecule has 2 aliphatic carbocycles. The van der Waals surface area contributed by atoms with Crippen LogP contribution in [0.1, 0.15) is 51.4 Å². The quantitative estimate of drug-likeness (QED) is 0.603. The van der Waals surface area contributed by atoms with Crippen molar-refractivity contribution in [1.82, 2.24) is 0 Å². The SMILES string of the molecule is O[C@@H]1CCCCC[C@@]12CCC[C@@H]2O. The molecule has 0 saturated heterocycles. The van der Waals surface area contributed by atoms with Gasteiger partial charge in [-0.3, -0.25) is 0 Å². The molecule has 2 aliphatic rings. The maximum atomic E-state index is 10.0. The standard InChI is InChI=1S/C11H20O2/c12-9-5-2-1-3-7-11(9)8-4-6-10(11)13/h9-10,12-13H,1-8H2/t9-,10+,11-/m1/s1. The van der Waals surface area contributed by atoms with Gasteiger partial charge in [0, 0.05) is 5.41 Å². The Hall–Kier alpha value is -0.0800. The molecule has 0 heterocycles. The molecule has 0 aromatic rings. The van der Waals surface area contributed by atoms with Crippen LogP contribution in [0.5, 0.6) is 0 Å². The van der Waals surface area contributed by atoms with Crippen molar-refractivity contribution in [2.45, 2.75) is 63.6 Å². The van der Waals surface area contributed by atoms with E-state index in [2.05, 4.69) is 0 Å². The third-order valence-corrected chi connectivity index (χ3v) is 4.07. The Kier molecular flexibility index (Phi) is 2.61. The number of rotatable bonds is 0. The Morgan fingerprint density at radius 2 is 1.38 bits per heavy atom. The fourth-order valence-electron chi connectivity index (χ4n) is 3.18. The van der Waals surface area contributed by atoms with Crippen molar-refractivity contribution in [2.24, 2.45) is 5.41 Å². The van der Waals surface area contributed by atoms with Gasteiger partial charge < -0.3 is 10.2 Å². The fraction of sp³-hybridized carbons (Fsp3) is 1.00. The highest BCUT2D eigenvalue weighted by atomic mass is 16.3. The fourth-order valence-corrected chi connectivity index (χ4v) is 3.18. The van der Waals surface area contributed by atoms with Gasteiger partial charge in [0.1, 0.15) is 0 Å². The van der Waals surface area contributed by atoms with E-state index in [-0.39, 0.29) is 17.6 Å². The van der Waals surface area contributed by atoms with E-state index in [1.165, 1.54) is 12.8 Å². The molecule has 0 aromatic carbocycles. The van der Waals surface area contributed by atoms with Crippen molar-refractivity contribution in [1.29, 1.82) is 0 Å². The number of hydrogen-bond donors (Lipinski definition) is 2. The van der Waals surface area contributed by atoms with Gasteiger partial charge in [-0.05, 0) is 25.7 Å².